The molecule has 1 aromatic carbocycles. The summed E-state index contributed by atoms with van der Waals surface area (Å²) < 4.78 is 5.33. The summed E-state index contributed by atoms with van der Waals surface area (Å²) in [6.45, 7) is 19.4. The Kier molecular flexibility index (Phi) is 7.59. The van der Waals surface area contributed by atoms with Crippen LogP contribution in [0.1, 0.15) is 84.8 Å². The Labute approximate surface area is 266 Å². The molecule has 45 heavy (non-hydrogen) atoms. The van der Waals surface area contributed by atoms with Crippen molar-refractivity contribution < 1.29 is 9.53 Å². The van der Waals surface area contributed by atoms with Crippen molar-refractivity contribution in [2.24, 2.45) is 9.98 Å². The number of ether oxygens (including phenoxy) is 1. The second kappa shape index (κ2) is 11.2. The number of H-pyrrole nitrogens is 2. The monoisotopic (exact) mass is 600 g/mol. The molecule has 6 nitrogen and oxygen atoms in total. The summed E-state index contributed by atoms with van der Waals surface area (Å²) in [5.74, 6) is -0.542. The Balaban J connectivity index is 1.72. The lowest BCUT2D eigenvalue weighted by Gasteiger charge is -2.37. The Bertz CT molecular complexity index is 2040. The summed E-state index contributed by atoms with van der Waals surface area (Å²) >= 11 is 0. The van der Waals surface area contributed by atoms with Crippen LogP contribution < -0.4 is 10.7 Å². The summed E-state index contributed by atoms with van der Waals surface area (Å²) in [4.78, 5) is 31.5. The second-order valence-electron chi connectivity index (χ2n) is 13.1. The van der Waals surface area contributed by atoms with Crippen LogP contribution in [0.15, 0.2) is 68.3 Å². The molecule has 6 rings (SSSR count). The van der Waals surface area contributed by atoms with Crippen LogP contribution in [-0.2, 0) is 16.0 Å². The highest BCUT2D eigenvalue weighted by molar-refractivity contribution is 6.23. The van der Waals surface area contributed by atoms with Crippen molar-refractivity contribution in [1.29, 1.82) is 0 Å². The Morgan fingerprint density at radius 2 is 1.44 bits per heavy atom. The average molecular weight is 601 g/mol. The number of carbonyl (C=O) groups is 1. The smallest absolute Gasteiger partial charge is 0.306 e. The van der Waals surface area contributed by atoms with E-state index in [2.05, 4.69) is 115 Å². The fourth-order valence-electron chi connectivity index (χ4n) is 7.08. The molecule has 0 unspecified atom stereocenters. The van der Waals surface area contributed by atoms with E-state index in [0.717, 1.165) is 72.6 Å². The van der Waals surface area contributed by atoms with Gasteiger partial charge in [0, 0.05) is 34.4 Å². The number of methoxy groups -OCH3 is 1. The van der Waals surface area contributed by atoms with Gasteiger partial charge >= 0.3 is 5.97 Å². The molecular weight excluding hydrogens is 556 g/mol. The third-order valence-electron chi connectivity index (χ3n) is 10.7. The fraction of sp³-hybridized carbons (Fsp3) is 0.359. The molecule has 2 aromatic heterocycles. The first-order chi connectivity index (χ1) is 21.3. The number of allylic oxidation sites excluding steroid dienone is 4. The summed E-state index contributed by atoms with van der Waals surface area (Å²) in [6, 6.07) is 8.68. The first-order valence-electron chi connectivity index (χ1n) is 15.8. The van der Waals surface area contributed by atoms with E-state index in [4.69, 9.17) is 14.7 Å². The molecule has 0 radical (unpaired) electrons. The predicted octanol–water partition coefficient (Wildman–Crippen LogP) is 6.60. The van der Waals surface area contributed by atoms with Crippen LogP contribution in [-0.4, -0.2) is 40.0 Å². The van der Waals surface area contributed by atoms with Gasteiger partial charge in [0.15, 0.2) is 0 Å². The van der Waals surface area contributed by atoms with Gasteiger partial charge in [0.2, 0.25) is 0 Å². The van der Waals surface area contributed by atoms with Gasteiger partial charge in [0.1, 0.15) is 0 Å². The molecule has 0 saturated heterocycles. The number of aromatic nitrogens is 2. The lowest BCUT2D eigenvalue weighted by atomic mass is 9.71. The third-order valence-corrected chi connectivity index (χ3v) is 10.7. The molecule has 0 saturated carbocycles. The molecule has 2 atom stereocenters. The third kappa shape index (κ3) is 5.01. The van der Waals surface area contributed by atoms with Gasteiger partial charge in [0.05, 0.1) is 36.2 Å². The van der Waals surface area contributed by atoms with Gasteiger partial charge in [0.25, 0.3) is 0 Å². The van der Waals surface area contributed by atoms with Crippen LogP contribution >= 0.6 is 0 Å². The normalized spacial score (nSPS) is 20.9. The molecule has 3 aliphatic rings. The molecule has 232 valence electrons. The maximum absolute atomic E-state index is 13.3. The number of nitrogens with zero attached hydrogens (tertiary/aromatic N) is 2. The number of nitrogens with one attached hydrogen (secondary N) is 2. The van der Waals surface area contributed by atoms with Gasteiger partial charge in [-0.05, 0) is 131 Å². The summed E-state index contributed by atoms with van der Waals surface area (Å²) in [5.41, 5.74) is 15.8. The van der Waals surface area contributed by atoms with Crippen molar-refractivity contribution in [3.05, 3.63) is 114 Å². The minimum absolute atomic E-state index is 0.195. The number of rotatable bonds is 4. The zero-order valence-corrected chi connectivity index (χ0v) is 28.2. The minimum Gasteiger partial charge on any atom is -0.469 e. The van der Waals surface area contributed by atoms with E-state index in [1.165, 1.54) is 29.4 Å². The van der Waals surface area contributed by atoms with Gasteiger partial charge < -0.3 is 14.7 Å². The van der Waals surface area contributed by atoms with E-state index in [9.17, 15) is 4.79 Å². The van der Waals surface area contributed by atoms with E-state index in [1.807, 2.05) is 0 Å². The number of hydrogen-bond acceptors (Lipinski definition) is 4. The van der Waals surface area contributed by atoms with Gasteiger partial charge in [-0.15, -0.1) is 0 Å². The zero-order valence-electron chi connectivity index (χ0n) is 28.2. The number of aryl methyl sites for hydroxylation is 1. The number of hydrogen-bond donors (Lipinski definition) is 2. The highest BCUT2D eigenvalue weighted by atomic mass is 16.5. The van der Waals surface area contributed by atoms with E-state index in [1.54, 1.807) is 0 Å². The number of aliphatic imine (C=N–C) groups is 2. The molecular formula is C39H44N4O2. The number of fused-ring (bicyclic) bond motifs is 6. The van der Waals surface area contributed by atoms with E-state index in [-0.39, 0.29) is 18.3 Å². The van der Waals surface area contributed by atoms with Crippen molar-refractivity contribution >= 4 is 29.5 Å². The molecule has 8 bridgehead atoms. The van der Waals surface area contributed by atoms with Crippen molar-refractivity contribution in [2.75, 3.05) is 7.11 Å². The molecule has 3 aromatic rings. The van der Waals surface area contributed by atoms with Crippen LogP contribution in [0.3, 0.4) is 0 Å². The molecule has 2 N–H and O–H groups in total. The van der Waals surface area contributed by atoms with E-state index in [0.29, 0.717) is 6.42 Å². The highest BCUT2D eigenvalue weighted by Gasteiger charge is 2.48. The number of aromatic amines is 2. The molecule has 5 heterocycles. The number of benzene rings is 1. The quantitative estimate of drug-likeness (QED) is 0.331. The van der Waals surface area contributed by atoms with Crippen LogP contribution in [0.4, 0.5) is 0 Å². The highest BCUT2D eigenvalue weighted by Crippen LogP contribution is 2.48. The van der Waals surface area contributed by atoms with Crippen molar-refractivity contribution in [3.8, 4) is 0 Å². The van der Waals surface area contributed by atoms with Crippen molar-refractivity contribution in [3.63, 3.8) is 0 Å². The topological polar surface area (TPSA) is 82.6 Å². The average Bonchev–Trinajstić information content (AvgIpc) is 3.63. The number of esters is 1. The van der Waals surface area contributed by atoms with Gasteiger partial charge in [-0.1, -0.05) is 29.8 Å². The van der Waals surface area contributed by atoms with Crippen LogP contribution in [0.2, 0.25) is 0 Å². The van der Waals surface area contributed by atoms with Gasteiger partial charge in [-0.2, -0.15) is 0 Å². The predicted molar refractivity (Wildman–Crippen MR) is 185 cm³/mol. The Morgan fingerprint density at radius 3 is 2.11 bits per heavy atom. The van der Waals surface area contributed by atoms with Crippen LogP contribution in [0.5, 0.6) is 0 Å². The summed E-state index contributed by atoms with van der Waals surface area (Å²) in [7, 11) is 1.47. The zero-order chi connectivity index (χ0) is 32.4. The SMILES string of the molecule is COC(=O)C[C@@H]1c2[nH]c(c(C)c2C)C=c2[nH]c(c(C)c2C)=CC2=NC(=CC3=N[C@]1(Cc1ccc(C)cc1)C(C)=C3C)C(C)=C2C. The first-order valence-corrected chi connectivity index (χ1v) is 15.8. The van der Waals surface area contributed by atoms with Crippen molar-refractivity contribution in [2.45, 2.75) is 86.6 Å². The van der Waals surface area contributed by atoms with E-state index < -0.39 is 5.54 Å². The van der Waals surface area contributed by atoms with E-state index >= 15 is 0 Å². The minimum atomic E-state index is -0.716. The van der Waals surface area contributed by atoms with Crippen molar-refractivity contribution in [1.82, 2.24) is 9.97 Å². The molecule has 0 spiro atoms. The molecule has 0 fully saturated rings. The summed E-state index contributed by atoms with van der Waals surface area (Å²) in [5, 5.41) is 2.12. The molecule has 3 aliphatic heterocycles. The first kappa shape index (κ1) is 30.6. The Morgan fingerprint density at radius 1 is 0.778 bits per heavy atom. The standard InChI is InChI=1S/C39H44N4O2/c1-20-11-13-29(14-12-20)19-39-28(9)27(8)36(43-39)18-34-24(5)23(4)32(41-34)16-31-21(2)22(3)33(40-31)17-35-25(6)26(7)38(42-35)30(39)15-37(44)45-10/h11-14,16-18,30,40,42H,15,19H2,1-10H3/t30-,39-/m1/s1. The summed E-state index contributed by atoms with van der Waals surface area (Å²) in [6.07, 6.45) is 7.35. The maximum Gasteiger partial charge on any atom is 0.306 e. The lowest BCUT2D eigenvalue weighted by Crippen LogP contribution is -2.39. The van der Waals surface area contributed by atoms with Gasteiger partial charge in [-0.3, -0.25) is 9.79 Å². The second-order valence-corrected chi connectivity index (χ2v) is 13.1. The fourth-order valence-corrected chi connectivity index (χ4v) is 7.08. The van der Waals surface area contributed by atoms with Gasteiger partial charge in [-0.25, -0.2) is 4.99 Å². The Hall–Kier alpha value is -4.45. The van der Waals surface area contributed by atoms with Crippen LogP contribution in [0.25, 0.3) is 12.2 Å². The molecule has 6 heteroatoms. The largest absolute Gasteiger partial charge is 0.469 e. The maximum atomic E-state index is 13.3. The van der Waals surface area contributed by atoms with Crippen LogP contribution in [0, 0.1) is 34.6 Å². The molecule has 0 amide bonds. The lowest BCUT2D eigenvalue weighted by molar-refractivity contribution is -0.141. The molecule has 0 aliphatic carbocycles. The number of carbonyl (C=O) groups excluding carboxylic acids is 1.